The second kappa shape index (κ2) is 6.19. The van der Waals surface area contributed by atoms with Crippen molar-refractivity contribution in [1.29, 1.82) is 0 Å². The van der Waals surface area contributed by atoms with Gasteiger partial charge in [0.15, 0.2) is 0 Å². The molecule has 0 saturated carbocycles. The highest BCUT2D eigenvalue weighted by Crippen LogP contribution is 2.22. The van der Waals surface area contributed by atoms with Gasteiger partial charge >= 0.3 is 0 Å². The highest BCUT2D eigenvalue weighted by molar-refractivity contribution is 5.93. The highest BCUT2D eigenvalue weighted by atomic mass is 16.5. The molecule has 0 spiro atoms. The Morgan fingerprint density at radius 3 is 2.50 bits per heavy atom. The first-order chi connectivity index (χ1) is 9.61. The van der Waals surface area contributed by atoms with Gasteiger partial charge in [-0.2, -0.15) is 0 Å². The minimum atomic E-state index is -0.118. The molecule has 1 heterocycles. The number of carbonyl (C=O) groups is 1. The van der Waals surface area contributed by atoms with Gasteiger partial charge in [0, 0.05) is 30.1 Å². The number of aryl methyl sites for hydroxylation is 2. The van der Waals surface area contributed by atoms with Crippen molar-refractivity contribution in [3.8, 4) is 5.75 Å². The molecule has 4 heteroatoms. The van der Waals surface area contributed by atoms with E-state index in [9.17, 15) is 4.79 Å². The number of rotatable bonds is 4. The molecule has 0 aliphatic carbocycles. The van der Waals surface area contributed by atoms with E-state index in [1.165, 1.54) is 11.1 Å². The van der Waals surface area contributed by atoms with Crippen molar-refractivity contribution in [3.63, 3.8) is 0 Å². The number of methoxy groups -OCH3 is 1. The number of aromatic nitrogens is 1. The second-order valence-electron chi connectivity index (χ2n) is 4.67. The van der Waals surface area contributed by atoms with E-state index >= 15 is 0 Å². The summed E-state index contributed by atoms with van der Waals surface area (Å²) in [5.74, 6) is 0.677. The Hall–Kier alpha value is -2.36. The molecule has 4 nitrogen and oxygen atoms in total. The topological polar surface area (TPSA) is 51.2 Å². The average Bonchev–Trinajstić information content (AvgIpc) is 2.48. The molecule has 104 valence electrons. The lowest BCUT2D eigenvalue weighted by molar-refractivity contribution is 0.0950. The van der Waals surface area contributed by atoms with E-state index in [4.69, 9.17) is 4.74 Å². The summed E-state index contributed by atoms with van der Waals surface area (Å²) in [5, 5.41) is 2.89. The lowest BCUT2D eigenvalue weighted by Crippen LogP contribution is -2.23. The van der Waals surface area contributed by atoms with Gasteiger partial charge in [0.2, 0.25) is 0 Å². The van der Waals surface area contributed by atoms with E-state index in [1.54, 1.807) is 31.6 Å². The van der Waals surface area contributed by atoms with Crippen LogP contribution in [0.5, 0.6) is 5.75 Å². The number of carbonyl (C=O) groups excluding carboxylic acids is 1. The molecular weight excluding hydrogens is 252 g/mol. The van der Waals surface area contributed by atoms with Crippen LogP contribution in [0.3, 0.4) is 0 Å². The number of ether oxygens (including phenoxy) is 1. The summed E-state index contributed by atoms with van der Waals surface area (Å²) < 4.78 is 5.36. The summed E-state index contributed by atoms with van der Waals surface area (Å²) in [6.07, 6.45) is 3.21. The van der Waals surface area contributed by atoms with Gasteiger partial charge in [0.05, 0.1) is 7.11 Å². The third-order valence-electron chi connectivity index (χ3n) is 3.28. The van der Waals surface area contributed by atoms with Crippen molar-refractivity contribution in [2.24, 2.45) is 0 Å². The van der Waals surface area contributed by atoms with Crippen LogP contribution < -0.4 is 10.1 Å². The van der Waals surface area contributed by atoms with Crippen LogP contribution in [0.25, 0.3) is 0 Å². The van der Waals surface area contributed by atoms with E-state index in [1.807, 2.05) is 26.0 Å². The van der Waals surface area contributed by atoms with Crippen LogP contribution >= 0.6 is 0 Å². The Kier molecular flexibility index (Phi) is 4.35. The normalized spacial score (nSPS) is 10.2. The number of nitrogens with zero attached hydrogens (tertiary/aromatic N) is 1. The maximum absolute atomic E-state index is 12.0. The molecule has 2 aromatic rings. The Morgan fingerprint density at radius 2 is 1.85 bits per heavy atom. The summed E-state index contributed by atoms with van der Waals surface area (Å²) in [5.41, 5.74) is 3.92. The van der Waals surface area contributed by atoms with E-state index in [0.717, 1.165) is 11.3 Å². The fourth-order valence-corrected chi connectivity index (χ4v) is 1.96. The number of amides is 1. The van der Waals surface area contributed by atoms with Crippen LogP contribution in [-0.2, 0) is 6.54 Å². The molecule has 0 atom stereocenters. The molecule has 2 rings (SSSR count). The molecule has 1 amide bonds. The first-order valence-corrected chi connectivity index (χ1v) is 6.44. The zero-order valence-electron chi connectivity index (χ0n) is 11.9. The van der Waals surface area contributed by atoms with Gasteiger partial charge < -0.3 is 10.1 Å². The van der Waals surface area contributed by atoms with Crippen molar-refractivity contribution < 1.29 is 9.53 Å². The van der Waals surface area contributed by atoms with Crippen LogP contribution in [0.1, 0.15) is 27.0 Å². The Bertz CT molecular complexity index is 609. The number of benzene rings is 1. The third-order valence-corrected chi connectivity index (χ3v) is 3.28. The average molecular weight is 270 g/mol. The molecular formula is C16H18N2O2. The van der Waals surface area contributed by atoms with Gasteiger partial charge in [-0.3, -0.25) is 9.78 Å². The Morgan fingerprint density at radius 1 is 1.20 bits per heavy atom. The molecule has 0 aliphatic rings. The molecule has 1 aromatic carbocycles. The maximum Gasteiger partial charge on any atom is 0.251 e. The van der Waals surface area contributed by atoms with E-state index < -0.39 is 0 Å². The summed E-state index contributed by atoms with van der Waals surface area (Å²) in [6.45, 7) is 4.52. The first kappa shape index (κ1) is 14.1. The predicted molar refractivity (Wildman–Crippen MR) is 77.9 cm³/mol. The van der Waals surface area contributed by atoms with Gasteiger partial charge in [-0.15, -0.1) is 0 Å². The van der Waals surface area contributed by atoms with Crippen LogP contribution in [0.2, 0.25) is 0 Å². The second-order valence-corrected chi connectivity index (χ2v) is 4.67. The summed E-state index contributed by atoms with van der Waals surface area (Å²) >= 11 is 0. The lowest BCUT2D eigenvalue weighted by atomic mass is 10.0. The maximum atomic E-state index is 12.0. The van der Waals surface area contributed by atoms with Crippen LogP contribution in [0, 0.1) is 13.8 Å². The number of nitrogens with one attached hydrogen (secondary N) is 1. The first-order valence-electron chi connectivity index (χ1n) is 6.44. The van der Waals surface area contributed by atoms with Crippen molar-refractivity contribution >= 4 is 5.91 Å². The van der Waals surface area contributed by atoms with Gasteiger partial charge in [-0.1, -0.05) is 6.07 Å². The summed E-state index contributed by atoms with van der Waals surface area (Å²) in [6, 6.07) is 7.41. The molecule has 20 heavy (non-hydrogen) atoms. The third kappa shape index (κ3) is 3.15. The van der Waals surface area contributed by atoms with Crippen molar-refractivity contribution in [1.82, 2.24) is 10.3 Å². The van der Waals surface area contributed by atoms with E-state index in [2.05, 4.69) is 10.3 Å². The molecule has 1 N–H and O–H groups in total. The Labute approximate surface area is 118 Å². The molecule has 0 aliphatic heterocycles. The molecule has 1 aromatic heterocycles. The van der Waals surface area contributed by atoms with Crippen molar-refractivity contribution in [2.75, 3.05) is 7.11 Å². The molecule has 0 unspecified atom stereocenters. The summed E-state index contributed by atoms with van der Waals surface area (Å²) in [4.78, 5) is 15.9. The van der Waals surface area contributed by atoms with Crippen LogP contribution in [-0.4, -0.2) is 18.0 Å². The van der Waals surface area contributed by atoms with Gasteiger partial charge in [-0.05, 0) is 43.2 Å². The van der Waals surface area contributed by atoms with Crippen molar-refractivity contribution in [3.05, 3.63) is 58.9 Å². The van der Waals surface area contributed by atoms with Gasteiger partial charge in [0.25, 0.3) is 5.91 Å². The number of hydrogen-bond donors (Lipinski definition) is 1. The minimum absolute atomic E-state index is 0.118. The monoisotopic (exact) mass is 270 g/mol. The quantitative estimate of drug-likeness (QED) is 0.929. The van der Waals surface area contributed by atoms with E-state index in [-0.39, 0.29) is 5.91 Å². The van der Waals surface area contributed by atoms with Gasteiger partial charge in [-0.25, -0.2) is 0 Å². The van der Waals surface area contributed by atoms with Gasteiger partial charge in [0.1, 0.15) is 5.75 Å². The minimum Gasteiger partial charge on any atom is -0.496 e. The Balaban J connectivity index is 2.11. The van der Waals surface area contributed by atoms with Crippen molar-refractivity contribution in [2.45, 2.75) is 20.4 Å². The zero-order chi connectivity index (χ0) is 14.5. The standard InChI is InChI=1S/C16H18N2O2/c1-11-8-14(15(20-3)9-12(11)2)10-18-16(19)13-4-6-17-7-5-13/h4-9H,10H2,1-3H3,(H,18,19). The fraction of sp³-hybridized carbons (Fsp3) is 0.250. The highest BCUT2D eigenvalue weighted by Gasteiger charge is 2.09. The number of hydrogen-bond acceptors (Lipinski definition) is 3. The molecule has 0 radical (unpaired) electrons. The SMILES string of the molecule is COc1cc(C)c(C)cc1CNC(=O)c1ccncc1. The molecule has 0 fully saturated rings. The lowest BCUT2D eigenvalue weighted by Gasteiger charge is -2.12. The number of pyridine rings is 1. The van der Waals surface area contributed by atoms with Crippen LogP contribution in [0.15, 0.2) is 36.7 Å². The fourth-order valence-electron chi connectivity index (χ4n) is 1.96. The van der Waals surface area contributed by atoms with Crippen LogP contribution in [0.4, 0.5) is 0 Å². The zero-order valence-corrected chi connectivity index (χ0v) is 11.9. The molecule has 0 saturated heterocycles. The smallest absolute Gasteiger partial charge is 0.251 e. The summed E-state index contributed by atoms with van der Waals surface area (Å²) in [7, 11) is 1.64. The largest absolute Gasteiger partial charge is 0.496 e. The predicted octanol–water partition coefficient (Wildman–Crippen LogP) is 2.64. The van der Waals surface area contributed by atoms with E-state index in [0.29, 0.717) is 12.1 Å². The molecule has 0 bridgehead atoms.